The van der Waals surface area contributed by atoms with Crippen LogP contribution in [-0.2, 0) is 0 Å². The molecule has 0 aliphatic heterocycles. The van der Waals surface area contributed by atoms with Crippen LogP contribution in [0, 0.1) is 20.2 Å². The van der Waals surface area contributed by atoms with Gasteiger partial charge in [-0.15, -0.1) is 0 Å². The number of benzene rings is 1. The van der Waals surface area contributed by atoms with Gasteiger partial charge in [0.1, 0.15) is 5.56 Å². The predicted molar refractivity (Wildman–Crippen MR) is 64.6 cm³/mol. The minimum absolute atomic E-state index is 0.198. The van der Waals surface area contributed by atoms with E-state index in [1.807, 2.05) is 5.43 Å². The Morgan fingerprint density at radius 2 is 1.74 bits per heavy atom. The molecule has 0 saturated carbocycles. The predicted octanol–water partition coefficient (Wildman–Crippen LogP) is 0.647. The molecule has 10 heteroatoms. The molecule has 1 rings (SSSR count). The average molecular weight is 267 g/mol. The molecule has 100 valence electrons. The number of rotatable bonds is 5. The molecular weight excluding hydrogens is 258 g/mol. The van der Waals surface area contributed by atoms with Gasteiger partial charge in [-0.3, -0.25) is 25.7 Å². The van der Waals surface area contributed by atoms with E-state index >= 15 is 0 Å². The molecule has 2 amide bonds. The Hall–Kier alpha value is -3.17. The number of carbonyl (C=O) groups excluding carboxylic acids is 1. The zero-order valence-electron chi connectivity index (χ0n) is 9.40. The standard InChI is InChI=1S/C9H9N5O5/c10-9(15)12-11-5-4-6-7(13(16)17)2-1-3-8(6)14(18)19/h1-5,11H,(H3,10,12,15)/b5-4+. The van der Waals surface area contributed by atoms with E-state index < -0.39 is 27.3 Å². The van der Waals surface area contributed by atoms with E-state index in [-0.39, 0.29) is 5.56 Å². The smallest absolute Gasteiger partial charge is 0.330 e. The van der Waals surface area contributed by atoms with Crippen molar-refractivity contribution in [3.05, 3.63) is 50.2 Å². The van der Waals surface area contributed by atoms with E-state index in [0.29, 0.717) is 0 Å². The number of primary amides is 1. The second kappa shape index (κ2) is 5.95. The molecule has 1 aromatic rings. The third kappa shape index (κ3) is 3.66. The summed E-state index contributed by atoms with van der Waals surface area (Å²) in [6.45, 7) is 0. The van der Waals surface area contributed by atoms with Gasteiger partial charge in [0.25, 0.3) is 11.4 Å². The van der Waals surface area contributed by atoms with Gasteiger partial charge in [0.15, 0.2) is 0 Å². The van der Waals surface area contributed by atoms with Gasteiger partial charge in [0.05, 0.1) is 9.85 Å². The molecule has 0 aliphatic rings. The molecule has 4 N–H and O–H groups in total. The zero-order valence-corrected chi connectivity index (χ0v) is 9.40. The van der Waals surface area contributed by atoms with Crippen molar-refractivity contribution in [2.45, 2.75) is 0 Å². The number of nitrogens with zero attached hydrogens (tertiary/aromatic N) is 2. The van der Waals surface area contributed by atoms with Gasteiger partial charge in [-0.05, 0) is 12.1 Å². The molecular formula is C9H9N5O5. The summed E-state index contributed by atoms with van der Waals surface area (Å²) in [5.41, 5.74) is 7.91. The first-order chi connectivity index (χ1) is 8.93. The normalized spacial score (nSPS) is 10.1. The number of nitrogens with one attached hydrogen (secondary N) is 2. The van der Waals surface area contributed by atoms with Gasteiger partial charge >= 0.3 is 6.03 Å². The van der Waals surface area contributed by atoms with Crippen molar-refractivity contribution in [2.24, 2.45) is 5.73 Å². The average Bonchev–Trinajstić information content (AvgIpc) is 2.33. The molecule has 0 heterocycles. The maximum atomic E-state index is 10.8. The van der Waals surface area contributed by atoms with Crippen LogP contribution in [0.15, 0.2) is 24.4 Å². The summed E-state index contributed by atoms with van der Waals surface area (Å²) >= 11 is 0. The highest BCUT2D eigenvalue weighted by Gasteiger charge is 2.22. The van der Waals surface area contributed by atoms with Crippen LogP contribution in [0.5, 0.6) is 0 Å². The highest BCUT2D eigenvalue weighted by molar-refractivity contribution is 5.72. The lowest BCUT2D eigenvalue weighted by Gasteiger charge is -2.01. The first-order valence-corrected chi connectivity index (χ1v) is 4.83. The molecule has 1 aromatic carbocycles. The van der Waals surface area contributed by atoms with Crippen molar-refractivity contribution in [2.75, 3.05) is 0 Å². The molecule has 19 heavy (non-hydrogen) atoms. The zero-order chi connectivity index (χ0) is 14.4. The molecule has 0 radical (unpaired) electrons. The fraction of sp³-hybridized carbons (Fsp3) is 0. The molecule has 0 unspecified atom stereocenters. The van der Waals surface area contributed by atoms with E-state index in [0.717, 1.165) is 24.4 Å². The fourth-order valence-electron chi connectivity index (χ4n) is 1.27. The summed E-state index contributed by atoms with van der Waals surface area (Å²) in [6.07, 6.45) is 2.17. The SMILES string of the molecule is NC(=O)NN/C=C/c1c([N+](=O)[O-])cccc1[N+](=O)[O-]. The van der Waals surface area contributed by atoms with Crippen LogP contribution in [0.3, 0.4) is 0 Å². The molecule has 0 spiro atoms. The summed E-state index contributed by atoms with van der Waals surface area (Å²) in [7, 11) is 0. The lowest BCUT2D eigenvalue weighted by Crippen LogP contribution is -2.37. The maximum absolute atomic E-state index is 10.8. The van der Waals surface area contributed by atoms with Crippen molar-refractivity contribution in [1.82, 2.24) is 10.9 Å². The van der Waals surface area contributed by atoms with Crippen molar-refractivity contribution in [3.63, 3.8) is 0 Å². The van der Waals surface area contributed by atoms with Crippen LogP contribution >= 0.6 is 0 Å². The van der Waals surface area contributed by atoms with Crippen LogP contribution in [0.25, 0.3) is 6.08 Å². The Morgan fingerprint density at radius 1 is 1.21 bits per heavy atom. The molecule has 0 aliphatic carbocycles. The lowest BCUT2D eigenvalue weighted by molar-refractivity contribution is -0.394. The topological polar surface area (TPSA) is 153 Å². The van der Waals surface area contributed by atoms with Gasteiger partial charge in [0, 0.05) is 18.3 Å². The van der Waals surface area contributed by atoms with Crippen molar-refractivity contribution in [1.29, 1.82) is 0 Å². The van der Waals surface area contributed by atoms with Gasteiger partial charge in [-0.2, -0.15) is 0 Å². The summed E-state index contributed by atoms with van der Waals surface area (Å²) in [4.78, 5) is 30.4. The monoisotopic (exact) mass is 267 g/mol. The Labute approximate surface area is 106 Å². The number of nitro benzene ring substituents is 2. The maximum Gasteiger partial charge on any atom is 0.330 e. The van der Waals surface area contributed by atoms with E-state index in [1.165, 1.54) is 6.07 Å². The number of hydrazine groups is 1. The first-order valence-electron chi connectivity index (χ1n) is 4.83. The second-order valence-corrected chi connectivity index (χ2v) is 3.19. The fourth-order valence-corrected chi connectivity index (χ4v) is 1.27. The van der Waals surface area contributed by atoms with Crippen molar-refractivity contribution >= 4 is 23.5 Å². The van der Waals surface area contributed by atoms with Crippen LogP contribution in [0.2, 0.25) is 0 Å². The highest BCUT2D eigenvalue weighted by atomic mass is 16.6. The summed E-state index contributed by atoms with van der Waals surface area (Å²) in [6, 6.07) is 2.60. The number of hydrogen-bond donors (Lipinski definition) is 3. The number of nitrogens with two attached hydrogens (primary N) is 1. The van der Waals surface area contributed by atoms with Crippen LogP contribution in [-0.4, -0.2) is 15.9 Å². The molecule has 0 fully saturated rings. The Morgan fingerprint density at radius 3 is 2.16 bits per heavy atom. The minimum atomic E-state index is -0.873. The lowest BCUT2D eigenvalue weighted by atomic mass is 10.1. The van der Waals surface area contributed by atoms with Crippen LogP contribution < -0.4 is 16.6 Å². The molecule has 0 aromatic heterocycles. The van der Waals surface area contributed by atoms with Gasteiger partial charge in [-0.1, -0.05) is 0 Å². The molecule has 10 nitrogen and oxygen atoms in total. The number of hydrogen-bond acceptors (Lipinski definition) is 6. The second-order valence-electron chi connectivity index (χ2n) is 3.19. The molecule has 0 bridgehead atoms. The van der Waals surface area contributed by atoms with Crippen molar-refractivity contribution < 1.29 is 14.6 Å². The van der Waals surface area contributed by atoms with Crippen LogP contribution in [0.4, 0.5) is 16.2 Å². The Balaban J connectivity index is 3.11. The number of nitro groups is 2. The summed E-state index contributed by atoms with van der Waals surface area (Å²) in [5, 5.41) is 21.6. The molecule has 0 atom stereocenters. The quantitative estimate of drug-likeness (QED) is 0.525. The largest absolute Gasteiger partial charge is 0.350 e. The third-order valence-electron chi connectivity index (χ3n) is 1.98. The number of amides is 2. The van der Waals surface area contributed by atoms with Crippen molar-refractivity contribution in [3.8, 4) is 0 Å². The number of urea groups is 1. The van der Waals surface area contributed by atoms with E-state index in [4.69, 9.17) is 5.73 Å². The Kier molecular flexibility index (Phi) is 4.35. The summed E-state index contributed by atoms with van der Waals surface area (Å²) < 4.78 is 0. The highest BCUT2D eigenvalue weighted by Crippen LogP contribution is 2.28. The third-order valence-corrected chi connectivity index (χ3v) is 1.98. The minimum Gasteiger partial charge on any atom is -0.350 e. The molecule has 0 saturated heterocycles. The van der Waals surface area contributed by atoms with Gasteiger partial charge < -0.3 is 11.2 Å². The van der Waals surface area contributed by atoms with E-state index in [2.05, 4.69) is 5.43 Å². The van der Waals surface area contributed by atoms with Gasteiger partial charge in [-0.25, -0.2) is 4.79 Å². The van der Waals surface area contributed by atoms with Gasteiger partial charge in [0.2, 0.25) is 0 Å². The first kappa shape index (κ1) is 13.9. The van der Waals surface area contributed by atoms with Crippen LogP contribution in [0.1, 0.15) is 5.56 Å². The summed E-state index contributed by atoms with van der Waals surface area (Å²) in [5.74, 6) is 0. The Bertz CT molecular complexity index is 524. The van der Waals surface area contributed by atoms with E-state index in [9.17, 15) is 25.0 Å². The van der Waals surface area contributed by atoms with E-state index in [1.54, 1.807) is 0 Å². The number of carbonyl (C=O) groups is 1.